The molecule has 0 aromatic heterocycles. The molecule has 0 aliphatic carbocycles. The Balaban J connectivity index is 2.41. The van der Waals surface area contributed by atoms with Crippen LogP contribution in [0.2, 0.25) is 5.02 Å². The van der Waals surface area contributed by atoms with Crippen molar-refractivity contribution < 1.29 is 14.7 Å². The molecule has 96 valence electrons. The van der Waals surface area contributed by atoms with Crippen LogP contribution in [0.5, 0.6) is 0 Å². The molecule has 0 aliphatic rings. The average Bonchev–Trinajstić information content (AvgIpc) is 2.26. The van der Waals surface area contributed by atoms with Crippen LogP contribution < -0.4 is 5.48 Å². The molecule has 18 heavy (non-hydrogen) atoms. The molecule has 0 spiro atoms. The molecule has 4 nitrogen and oxygen atoms in total. The highest BCUT2D eigenvalue weighted by Crippen LogP contribution is 2.15. The Bertz CT molecular complexity index is 463. The number of aliphatic carboxylic acids is 1. The van der Waals surface area contributed by atoms with E-state index in [0.717, 1.165) is 11.1 Å². The molecule has 5 heteroatoms. The Hall–Kier alpha value is -1.78. The van der Waals surface area contributed by atoms with E-state index in [0.29, 0.717) is 5.02 Å². The van der Waals surface area contributed by atoms with Gasteiger partial charge in [-0.2, -0.15) is 0 Å². The van der Waals surface area contributed by atoms with Crippen molar-refractivity contribution in [2.45, 2.75) is 6.92 Å². The van der Waals surface area contributed by atoms with Gasteiger partial charge in [0.05, 0.1) is 6.61 Å². The minimum Gasteiger partial charge on any atom is -0.477 e. The lowest BCUT2D eigenvalue weighted by Gasteiger charge is -2.03. The number of hydroxylamine groups is 1. The molecule has 1 aromatic rings. The molecule has 0 bridgehead atoms. The number of halogens is 1. The molecule has 2 N–H and O–H groups in total. The minimum atomic E-state index is -1.15. The van der Waals surface area contributed by atoms with Gasteiger partial charge in [0.25, 0.3) is 0 Å². The smallest absolute Gasteiger partial charge is 0.353 e. The molecule has 0 aliphatic heterocycles. The molecule has 0 unspecified atom stereocenters. The maximum absolute atomic E-state index is 10.4. The molecule has 1 rings (SSSR count). The van der Waals surface area contributed by atoms with Crippen LogP contribution in [-0.2, 0) is 9.63 Å². The first-order chi connectivity index (χ1) is 8.49. The second kappa shape index (κ2) is 6.83. The second-order valence-corrected chi connectivity index (χ2v) is 4.10. The van der Waals surface area contributed by atoms with E-state index in [1.165, 1.54) is 0 Å². The molecule has 0 saturated heterocycles. The van der Waals surface area contributed by atoms with E-state index in [1.807, 2.05) is 31.2 Å². The van der Waals surface area contributed by atoms with Gasteiger partial charge in [-0.1, -0.05) is 36.4 Å². The van der Waals surface area contributed by atoms with Crippen LogP contribution in [-0.4, -0.2) is 17.7 Å². The van der Waals surface area contributed by atoms with Crippen molar-refractivity contribution in [3.8, 4) is 0 Å². The summed E-state index contributed by atoms with van der Waals surface area (Å²) < 4.78 is 0. The van der Waals surface area contributed by atoms with Gasteiger partial charge >= 0.3 is 5.97 Å². The van der Waals surface area contributed by atoms with Crippen LogP contribution in [0.15, 0.2) is 36.6 Å². The number of hydrogen-bond acceptors (Lipinski definition) is 3. The SMILES string of the molecule is C=C(NOCC=Cc1cc(C)cc(Cl)c1)C(=O)O. The van der Waals surface area contributed by atoms with Crippen molar-refractivity contribution in [2.75, 3.05) is 6.61 Å². The zero-order chi connectivity index (χ0) is 13.5. The van der Waals surface area contributed by atoms with Crippen molar-refractivity contribution in [3.05, 3.63) is 52.7 Å². The highest BCUT2D eigenvalue weighted by molar-refractivity contribution is 6.30. The van der Waals surface area contributed by atoms with Crippen LogP contribution >= 0.6 is 11.6 Å². The van der Waals surface area contributed by atoms with Crippen LogP contribution in [0.25, 0.3) is 6.08 Å². The van der Waals surface area contributed by atoms with Gasteiger partial charge in [0, 0.05) is 5.02 Å². The lowest BCUT2D eigenvalue weighted by Crippen LogP contribution is -2.19. The number of carboxylic acid groups (broad SMARTS) is 1. The first kappa shape index (κ1) is 14.3. The summed E-state index contributed by atoms with van der Waals surface area (Å²) in [5, 5.41) is 9.18. The maximum atomic E-state index is 10.4. The topological polar surface area (TPSA) is 58.6 Å². The van der Waals surface area contributed by atoms with Gasteiger partial charge in [-0.05, 0) is 30.2 Å². The number of carboxylic acids is 1. The standard InChI is InChI=1S/C13H14ClNO3/c1-9-6-11(8-12(14)7-9)4-3-5-18-15-10(2)13(16)17/h3-4,6-8,15H,2,5H2,1H3,(H,16,17). The minimum absolute atomic E-state index is 0.206. The average molecular weight is 268 g/mol. The monoisotopic (exact) mass is 267 g/mol. The quantitative estimate of drug-likeness (QED) is 0.473. The predicted octanol–water partition coefficient (Wildman–Crippen LogP) is 2.78. The fourth-order valence-corrected chi connectivity index (χ4v) is 1.56. The van der Waals surface area contributed by atoms with Gasteiger partial charge < -0.3 is 5.11 Å². The van der Waals surface area contributed by atoms with Crippen molar-refractivity contribution >= 4 is 23.6 Å². The maximum Gasteiger partial charge on any atom is 0.353 e. The number of carbonyl (C=O) groups is 1. The van der Waals surface area contributed by atoms with Crippen molar-refractivity contribution in [1.82, 2.24) is 5.48 Å². The third-order valence-corrected chi connectivity index (χ3v) is 2.23. The molecular formula is C13H14ClNO3. The summed E-state index contributed by atoms with van der Waals surface area (Å²) in [4.78, 5) is 15.3. The number of aryl methyl sites for hydroxylation is 1. The van der Waals surface area contributed by atoms with E-state index in [1.54, 1.807) is 6.08 Å². The molecule has 0 radical (unpaired) electrons. The van der Waals surface area contributed by atoms with E-state index < -0.39 is 5.97 Å². The Morgan fingerprint density at radius 1 is 1.56 bits per heavy atom. The normalized spacial score (nSPS) is 10.6. The lowest BCUT2D eigenvalue weighted by molar-refractivity contribution is -0.134. The third kappa shape index (κ3) is 5.03. The summed E-state index contributed by atoms with van der Waals surface area (Å²) in [5.74, 6) is -1.15. The number of rotatable bonds is 6. The zero-order valence-electron chi connectivity index (χ0n) is 9.94. The van der Waals surface area contributed by atoms with Gasteiger partial charge in [-0.15, -0.1) is 0 Å². The number of hydrogen-bond donors (Lipinski definition) is 2. The molecule has 1 aromatic carbocycles. The van der Waals surface area contributed by atoms with Crippen LogP contribution in [0, 0.1) is 6.92 Å². The molecule has 0 fully saturated rings. The third-order valence-electron chi connectivity index (χ3n) is 2.01. The lowest BCUT2D eigenvalue weighted by atomic mass is 10.1. The number of benzene rings is 1. The summed E-state index contributed by atoms with van der Waals surface area (Å²) in [6, 6.07) is 5.68. The van der Waals surface area contributed by atoms with Crippen LogP contribution in [0.4, 0.5) is 0 Å². The molecule has 0 saturated carbocycles. The van der Waals surface area contributed by atoms with Gasteiger partial charge in [-0.25, -0.2) is 4.79 Å². The van der Waals surface area contributed by atoms with Crippen molar-refractivity contribution in [1.29, 1.82) is 0 Å². The van der Waals surface area contributed by atoms with E-state index in [-0.39, 0.29) is 12.3 Å². The Morgan fingerprint density at radius 3 is 2.89 bits per heavy atom. The molecule has 0 atom stereocenters. The van der Waals surface area contributed by atoms with E-state index in [9.17, 15) is 4.79 Å². The zero-order valence-corrected chi connectivity index (χ0v) is 10.7. The summed E-state index contributed by atoms with van der Waals surface area (Å²) in [6.45, 7) is 5.43. The molecule has 0 amide bonds. The first-order valence-electron chi connectivity index (χ1n) is 5.23. The largest absolute Gasteiger partial charge is 0.477 e. The van der Waals surface area contributed by atoms with Crippen molar-refractivity contribution in [3.63, 3.8) is 0 Å². The highest BCUT2D eigenvalue weighted by Gasteiger charge is 2.00. The van der Waals surface area contributed by atoms with Crippen molar-refractivity contribution in [2.24, 2.45) is 0 Å². The summed E-state index contributed by atoms with van der Waals surface area (Å²) in [6.07, 6.45) is 3.58. The van der Waals surface area contributed by atoms with Crippen LogP contribution in [0.3, 0.4) is 0 Å². The van der Waals surface area contributed by atoms with Gasteiger partial charge in [0.2, 0.25) is 0 Å². The Labute approximate surface area is 110 Å². The summed E-state index contributed by atoms with van der Waals surface area (Å²) in [7, 11) is 0. The fraction of sp³-hybridized carbons (Fsp3) is 0.154. The Morgan fingerprint density at radius 2 is 2.28 bits per heavy atom. The van der Waals surface area contributed by atoms with Gasteiger partial charge in [0.15, 0.2) is 0 Å². The van der Waals surface area contributed by atoms with Gasteiger partial charge in [0.1, 0.15) is 5.70 Å². The van der Waals surface area contributed by atoms with E-state index in [2.05, 4.69) is 12.1 Å². The highest BCUT2D eigenvalue weighted by atomic mass is 35.5. The fourth-order valence-electron chi connectivity index (χ4n) is 1.27. The second-order valence-electron chi connectivity index (χ2n) is 3.66. The van der Waals surface area contributed by atoms with E-state index >= 15 is 0 Å². The molecule has 0 heterocycles. The predicted molar refractivity (Wildman–Crippen MR) is 71.1 cm³/mol. The first-order valence-corrected chi connectivity index (χ1v) is 5.60. The summed E-state index contributed by atoms with van der Waals surface area (Å²) in [5.41, 5.74) is 4.04. The molecular weight excluding hydrogens is 254 g/mol. The Kier molecular flexibility index (Phi) is 5.42. The summed E-state index contributed by atoms with van der Waals surface area (Å²) >= 11 is 5.91. The van der Waals surface area contributed by atoms with Crippen LogP contribution in [0.1, 0.15) is 11.1 Å². The van der Waals surface area contributed by atoms with E-state index in [4.69, 9.17) is 21.5 Å². The number of nitrogens with one attached hydrogen (secondary N) is 1. The van der Waals surface area contributed by atoms with Gasteiger partial charge in [-0.3, -0.25) is 10.3 Å².